The third-order valence-electron chi connectivity index (χ3n) is 3.46. The number of aromatic nitrogens is 2. The van der Waals surface area contributed by atoms with Crippen molar-refractivity contribution in [2.75, 3.05) is 11.6 Å². The summed E-state index contributed by atoms with van der Waals surface area (Å²) in [6.07, 6.45) is 4.24. The zero-order chi connectivity index (χ0) is 17.2. The lowest BCUT2D eigenvalue weighted by molar-refractivity contribution is 0.573. The van der Waals surface area contributed by atoms with Crippen molar-refractivity contribution in [3.05, 3.63) is 60.1 Å². The lowest BCUT2D eigenvalue weighted by Crippen LogP contribution is -2.08. The molecular weight excluding hydrogens is 326 g/mol. The summed E-state index contributed by atoms with van der Waals surface area (Å²) >= 11 is 0. The number of hydrogen-bond donors (Lipinski definition) is 1. The highest BCUT2D eigenvalue weighted by atomic mass is 32.2. The van der Waals surface area contributed by atoms with Crippen LogP contribution in [0.3, 0.4) is 0 Å². The fourth-order valence-corrected chi connectivity index (χ4v) is 3.02. The molecule has 0 aliphatic heterocycles. The second-order valence-corrected chi connectivity index (χ2v) is 7.47. The lowest BCUT2D eigenvalue weighted by atomic mass is 10.1. The Balaban J connectivity index is 1.76. The zero-order valence-electron chi connectivity index (χ0n) is 13.4. The van der Waals surface area contributed by atoms with Gasteiger partial charge in [0.25, 0.3) is 0 Å². The van der Waals surface area contributed by atoms with Crippen LogP contribution in [0, 0.1) is 6.92 Å². The maximum absolute atomic E-state index is 11.8. The Kier molecular flexibility index (Phi) is 4.35. The van der Waals surface area contributed by atoms with Crippen LogP contribution < -0.4 is 5.32 Å². The molecule has 0 unspecified atom stereocenters. The smallest absolute Gasteiger partial charge is 0.226 e. The highest BCUT2D eigenvalue weighted by molar-refractivity contribution is 7.90. The number of nitrogens with one attached hydrogen (secondary N) is 1. The van der Waals surface area contributed by atoms with Gasteiger partial charge in [-0.2, -0.15) is 0 Å². The monoisotopic (exact) mass is 343 g/mol. The number of benzene rings is 1. The summed E-state index contributed by atoms with van der Waals surface area (Å²) in [6.45, 7) is 2.33. The van der Waals surface area contributed by atoms with Crippen molar-refractivity contribution in [2.24, 2.45) is 0 Å². The van der Waals surface area contributed by atoms with Crippen LogP contribution in [-0.4, -0.2) is 24.6 Å². The summed E-state index contributed by atoms with van der Waals surface area (Å²) in [5, 5.41) is 3.00. The third kappa shape index (κ3) is 3.62. The molecule has 0 saturated carbocycles. The van der Waals surface area contributed by atoms with E-state index in [-0.39, 0.29) is 4.90 Å². The minimum atomic E-state index is -3.35. The second-order valence-electron chi connectivity index (χ2n) is 5.49. The number of anilines is 1. The minimum absolute atomic E-state index is 0.159. The van der Waals surface area contributed by atoms with Crippen LogP contribution in [0.4, 0.5) is 5.82 Å². The van der Waals surface area contributed by atoms with Crippen LogP contribution in [0.25, 0.3) is 11.5 Å². The molecule has 0 atom stereocenters. The molecule has 3 rings (SSSR count). The maximum atomic E-state index is 11.8. The van der Waals surface area contributed by atoms with Gasteiger partial charge < -0.3 is 9.73 Å². The normalized spacial score (nSPS) is 11.4. The molecule has 24 heavy (non-hydrogen) atoms. The molecule has 3 aromatic rings. The number of hydrogen-bond acceptors (Lipinski definition) is 6. The molecule has 0 aliphatic carbocycles. The van der Waals surface area contributed by atoms with Gasteiger partial charge in [-0.1, -0.05) is 17.7 Å². The molecule has 0 saturated heterocycles. The molecule has 0 spiro atoms. The van der Waals surface area contributed by atoms with Gasteiger partial charge >= 0.3 is 0 Å². The quantitative estimate of drug-likeness (QED) is 0.766. The standard InChI is InChI=1S/C17H17N3O3S/c1-12-5-7-13(8-6-12)17-20-14(11-23-17)10-19-16-15(24(2,21)22)4-3-9-18-16/h3-9,11H,10H2,1-2H3,(H,18,19). The first-order valence-corrected chi connectivity index (χ1v) is 9.23. The van der Waals surface area contributed by atoms with Gasteiger partial charge in [0.2, 0.25) is 5.89 Å². The van der Waals surface area contributed by atoms with E-state index < -0.39 is 9.84 Å². The van der Waals surface area contributed by atoms with Crippen LogP contribution in [-0.2, 0) is 16.4 Å². The number of pyridine rings is 1. The molecule has 2 heterocycles. The van der Waals surface area contributed by atoms with Gasteiger partial charge in [0.15, 0.2) is 9.84 Å². The summed E-state index contributed by atoms with van der Waals surface area (Å²) in [5.41, 5.74) is 2.72. The van der Waals surface area contributed by atoms with Crippen molar-refractivity contribution in [1.82, 2.24) is 9.97 Å². The molecule has 1 N–H and O–H groups in total. The van der Waals surface area contributed by atoms with Gasteiger partial charge in [-0.15, -0.1) is 0 Å². The molecule has 6 nitrogen and oxygen atoms in total. The zero-order valence-corrected chi connectivity index (χ0v) is 14.2. The van der Waals surface area contributed by atoms with Crippen LogP contribution in [0.2, 0.25) is 0 Å². The highest BCUT2D eigenvalue weighted by Crippen LogP contribution is 2.21. The largest absolute Gasteiger partial charge is 0.444 e. The van der Waals surface area contributed by atoms with Crippen molar-refractivity contribution in [3.63, 3.8) is 0 Å². The van der Waals surface area contributed by atoms with Crippen molar-refractivity contribution < 1.29 is 12.8 Å². The molecule has 0 bridgehead atoms. The van der Waals surface area contributed by atoms with Gasteiger partial charge in [-0.3, -0.25) is 0 Å². The molecule has 7 heteroatoms. The average Bonchev–Trinajstić information content (AvgIpc) is 3.02. The Morgan fingerprint density at radius 3 is 2.62 bits per heavy atom. The number of sulfone groups is 1. The minimum Gasteiger partial charge on any atom is -0.444 e. The van der Waals surface area contributed by atoms with Gasteiger partial charge in [0.1, 0.15) is 17.0 Å². The van der Waals surface area contributed by atoms with Gasteiger partial charge in [0, 0.05) is 18.0 Å². The van der Waals surface area contributed by atoms with E-state index in [1.54, 1.807) is 12.3 Å². The van der Waals surface area contributed by atoms with Crippen molar-refractivity contribution in [2.45, 2.75) is 18.4 Å². The van der Waals surface area contributed by atoms with E-state index in [9.17, 15) is 8.42 Å². The lowest BCUT2D eigenvalue weighted by Gasteiger charge is -2.07. The van der Waals surface area contributed by atoms with Crippen molar-refractivity contribution in [1.29, 1.82) is 0 Å². The topological polar surface area (TPSA) is 85.1 Å². The Bertz CT molecular complexity index is 947. The van der Waals surface area contributed by atoms with Crippen LogP contribution in [0.5, 0.6) is 0 Å². The van der Waals surface area contributed by atoms with E-state index in [0.717, 1.165) is 17.4 Å². The summed E-state index contributed by atoms with van der Waals surface area (Å²) < 4.78 is 29.0. The Morgan fingerprint density at radius 2 is 1.92 bits per heavy atom. The predicted molar refractivity (Wildman–Crippen MR) is 91.3 cm³/mol. The number of aryl methyl sites for hydroxylation is 1. The van der Waals surface area contributed by atoms with E-state index in [0.29, 0.717) is 23.9 Å². The summed E-state index contributed by atoms with van der Waals surface area (Å²) in [7, 11) is -3.35. The number of oxazole rings is 1. The Morgan fingerprint density at radius 1 is 1.17 bits per heavy atom. The number of nitrogens with zero attached hydrogens (tertiary/aromatic N) is 2. The second kappa shape index (κ2) is 6.45. The maximum Gasteiger partial charge on any atom is 0.226 e. The van der Waals surface area contributed by atoms with Crippen molar-refractivity contribution in [3.8, 4) is 11.5 Å². The van der Waals surface area contributed by atoms with Crippen molar-refractivity contribution >= 4 is 15.7 Å². The first-order valence-electron chi connectivity index (χ1n) is 7.34. The highest BCUT2D eigenvalue weighted by Gasteiger charge is 2.14. The van der Waals surface area contributed by atoms with E-state index in [1.807, 2.05) is 31.2 Å². The van der Waals surface area contributed by atoms with Gasteiger partial charge in [0.05, 0.1) is 12.2 Å². The van der Waals surface area contributed by atoms with E-state index in [2.05, 4.69) is 15.3 Å². The fraction of sp³-hybridized carbons (Fsp3) is 0.176. The van der Waals surface area contributed by atoms with E-state index >= 15 is 0 Å². The summed E-state index contributed by atoms with van der Waals surface area (Å²) in [4.78, 5) is 8.66. The third-order valence-corrected chi connectivity index (χ3v) is 4.59. The van der Waals surface area contributed by atoms with Crippen LogP contribution >= 0.6 is 0 Å². The van der Waals surface area contributed by atoms with Crippen LogP contribution in [0.1, 0.15) is 11.3 Å². The molecule has 0 aliphatic rings. The Labute approximate surface area is 140 Å². The van der Waals surface area contributed by atoms with Gasteiger partial charge in [-0.05, 0) is 31.2 Å². The molecule has 0 radical (unpaired) electrons. The first kappa shape index (κ1) is 16.2. The van der Waals surface area contributed by atoms with E-state index in [4.69, 9.17) is 4.42 Å². The van der Waals surface area contributed by atoms with E-state index in [1.165, 1.54) is 12.3 Å². The SMILES string of the molecule is Cc1ccc(-c2nc(CNc3ncccc3S(C)(=O)=O)co2)cc1. The first-order chi connectivity index (χ1) is 11.4. The fourth-order valence-electron chi connectivity index (χ4n) is 2.21. The molecule has 2 aromatic heterocycles. The predicted octanol–water partition coefficient (Wildman–Crippen LogP) is 3.06. The van der Waals surface area contributed by atoms with Gasteiger partial charge in [-0.25, -0.2) is 18.4 Å². The molecule has 124 valence electrons. The Hall–Kier alpha value is -2.67. The molecule has 0 fully saturated rings. The summed E-state index contributed by atoms with van der Waals surface area (Å²) in [5.74, 6) is 0.830. The number of rotatable bonds is 5. The summed E-state index contributed by atoms with van der Waals surface area (Å²) in [6, 6.07) is 11.0. The molecular formula is C17H17N3O3S. The average molecular weight is 343 g/mol. The van der Waals surface area contributed by atoms with Crippen LogP contribution in [0.15, 0.2) is 58.2 Å². The molecule has 0 amide bonds. The molecule has 1 aromatic carbocycles.